The van der Waals surface area contributed by atoms with Crippen molar-refractivity contribution in [1.82, 2.24) is 0 Å². The number of carbonyl (C=O) groups excluding carboxylic acids is 1. The van der Waals surface area contributed by atoms with Gasteiger partial charge >= 0.3 is 0 Å². The van der Waals surface area contributed by atoms with Gasteiger partial charge in [-0.2, -0.15) is 0 Å². The second kappa shape index (κ2) is 5.80. The standard InChI is InChI=1S/C13H10BrClOS/c14-10-6-13(17-8-10)7-12(16)5-9-2-1-3-11(15)4-9/h1-4,6,8H,5,7H2. The van der Waals surface area contributed by atoms with Crippen LogP contribution in [0.1, 0.15) is 10.4 Å². The third-order valence-electron chi connectivity index (χ3n) is 2.28. The van der Waals surface area contributed by atoms with Gasteiger partial charge in [-0.1, -0.05) is 23.7 Å². The predicted molar refractivity (Wildman–Crippen MR) is 75.9 cm³/mol. The quantitative estimate of drug-likeness (QED) is 0.806. The number of rotatable bonds is 4. The van der Waals surface area contributed by atoms with Crippen LogP contribution in [0.25, 0.3) is 0 Å². The maximum absolute atomic E-state index is 11.9. The minimum absolute atomic E-state index is 0.210. The van der Waals surface area contributed by atoms with Crippen molar-refractivity contribution >= 4 is 44.7 Å². The molecule has 1 aromatic heterocycles. The summed E-state index contributed by atoms with van der Waals surface area (Å²) >= 11 is 10.9. The van der Waals surface area contributed by atoms with Crippen LogP contribution in [0.2, 0.25) is 5.02 Å². The van der Waals surface area contributed by atoms with Gasteiger partial charge in [0.05, 0.1) is 0 Å². The summed E-state index contributed by atoms with van der Waals surface area (Å²) in [6, 6.07) is 9.43. The van der Waals surface area contributed by atoms with Crippen molar-refractivity contribution in [2.75, 3.05) is 0 Å². The average Bonchev–Trinajstić information content (AvgIpc) is 2.63. The molecule has 0 bridgehead atoms. The Labute approximate surface area is 118 Å². The molecular weight excluding hydrogens is 320 g/mol. The Kier molecular flexibility index (Phi) is 4.37. The van der Waals surface area contributed by atoms with E-state index in [0.29, 0.717) is 17.9 Å². The maximum atomic E-state index is 11.9. The molecule has 2 aromatic rings. The van der Waals surface area contributed by atoms with Crippen molar-refractivity contribution in [2.24, 2.45) is 0 Å². The molecule has 17 heavy (non-hydrogen) atoms. The average molecular weight is 330 g/mol. The topological polar surface area (TPSA) is 17.1 Å². The molecule has 0 spiro atoms. The van der Waals surface area contributed by atoms with Crippen LogP contribution in [-0.2, 0) is 17.6 Å². The van der Waals surface area contributed by atoms with Gasteiger partial charge in [0.2, 0.25) is 0 Å². The van der Waals surface area contributed by atoms with E-state index in [4.69, 9.17) is 11.6 Å². The third-order valence-corrected chi connectivity index (χ3v) is 4.22. The van der Waals surface area contributed by atoms with Crippen LogP contribution < -0.4 is 0 Å². The molecule has 0 aliphatic heterocycles. The highest BCUT2D eigenvalue weighted by Crippen LogP contribution is 2.21. The van der Waals surface area contributed by atoms with Crippen LogP contribution in [0.3, 0.4) is 0 Å². The fourth-order valence-electron chi connectivity index (χ4n) is 1.58. The molecule has 4 heteroatoms. The predicted octanol–water partition coefficient (Wildman–Crippen LogP) is 4.52. The molecule has 0 aliphatic carbocycles. The second-order valence-corrected chi connectivity index (χ2v) is 6.10. The number of hydrogen-bond donors (Lipinski definition) is 0. The van der Waals surface area contributed by atoms with Gasteiger partial charge in [-0.3, -0.25) is 4.79 Å². The molecule has 0 N–H and O–H groups in total. The van der Waals surface area contributed by atoms with Crippen LogP contribution in [0.15, 0.2) is 40.2 Å². The molecule has 1 nitrogen and oxygen atoms in total. The summed E-state index contributed by atoms with van der Waals surface area (Å²) in [5.41, 5.74) is 0.970. The van der Waals surface area contributed by atoms with Gasteiger partial charge in [0.15, 0.2) is 0 Å². The van der Waals surface area contributed by atoms with Crippen LogP contribution in [0, 0.1) is 0 Å². The smallest absolute Gasteiger partial charge is 0.142 e. The summed E-state index contributed by atoms with van der Waals surface area (Å²) in [4.78, 5) is 12.9. The fraction of sp³-hybridized carbons (Fsp3) is 0.154. The molecule has 0 unspecified atom stereocenters. The van der Waals surface area contributed by atoms with Gasteiger partial charge in [0.25, 0.3) is 0 Å². The number of ketones is 1. The summed E-state index contributed by atoms with van der Waals surface area (Å²) < 4.78 is 1.04. The van der Waals surface area contributed by atoms with Crippen LogP contribution in [0.4, 0.5) is 0 Å². The molecule has 0 radical (unpaired) electrons. The Morgan fingerprint density at radius 1 is 1.29 bits per heavy atom. The molecule has 0 aliphatic rings. The summed E-state index contributed by atoms with van der Waals surface area (Å²) in [5, 5.41) is 2.66. The molecule has 0 atom stereocenters. The lowest BCUT2D eigenvalue weighted by molar-refractivity contribution is -0.117. The Morgan fingerprint density at radius 2 is 2.12 bits per heavy atom. The van der Waals surface area contributed by atoms with E-state index in [1.807, 2.05) is 35.7 Å². The van der Waals surface area contributed by atoms with Gasteiger partial charge in [-0.15, -0.1) is 11.3 Å². The van der Waals surface area contributed by atoms with Crippen LogP contribution in [-0.4, -0.2) is 5.78 Å². The van der Waals surface area contributed by atoms with Gasteiger partial charge in [0, 0.05) is 32.6 Å². The zero-order chi connectivity index (χ0) is 12.3. The zero-order valence-electron chi connectivity index (χ0n) is 8.95. The molecule has 0 saturated carbocycles. The minimum atomic E-state index is 0.210. The molecule has 1 heterocycles. The largest absolute Gasteiger partial charge is 0.299 e. The van der Waals surface area contributed by atoms with E-state index in [0.717, 1.165) is 14.9 Å². The van der Waals surface area contributed by atoms with E-state index >= 15 is 0 Å². The number of benzene rings is 1. The van der Waals surface area contributed by atoms with E-state index in [1.165, 1.54) is 0 Å². The Balaban J connectivity index is 1.98. The second-order valence-electron chi connectivity index (χ2n) is 3.75. The number of hydrogen-bond acceptors (Lipinski definition) is 2. The lowest BCUT2D eigenvalue weighted by Crippen LogP contribution is -2.05. The molecule has 88 valence electrons. The van der Waals surface area contributed by atoms with Crippen molar-refractivity contribution in [3.05, 3.63) is 55.6 Å². The highest BCUT2D eigenvalue weighted by atomic mass is 79.9. The maximum Gasteiger partial charge on any atom is 0.142 e. The number of carbonyl (C=O) groups is 1. The zero-order valence-corrected chi connectivity index (χ0v) is 12.1. The summed E-state index contributed by atoms with van der Waals surface area (Å²) in [7, 11) is 0. The van der Waals surface area contributed by atoms with E-state index < -0.39 is 0 Å². The minimum Gasteiger partial charge on any atom is -0.299 e. The molecule has 0 amide bonds. The molecule has 0 saturated heterocycles. The van der Waals surface area contributed by atoms with E-state index in [9.17, 15) is 4.79 Å². The van der Waals surface area contributed by atoms with Crippen LogP contribution in [0.5, 0.6) is 0 Å². The first-order valence-corrected chi connectivity index (χ1v) is 7.17. The lowest BCUT2D eigenvalue weighted by Gasteiger charge is -2.00. The highest BCUT2D eigenvalue weighted by Gasteiger charge is 2.07. The van der Waals surface area contributed by atoms with E-state index in [-0.39, 0.29) is 5.78 Å². The molecule has 0 fully saturated rings. The molecule has 1 aromatic carbocycles. The number of Topliss-reactive ketones (excluding diaryl/α,β-unsaturated/α-hetero) is 1. The van der Waals surface area contributed by atoms with Crippen molar-refractivity contribution in [2.45, 2.75) is 12.8 Å². The lowest BCUT2D eigenvalue weighted by atomic mass is 10.1. The Bertz CT molecular complexity index is 536. The van der Waals surface area contributed by atoms with Crippen molar-refractivity contribution in [3.63, 3.8) is 0 Å². The Hall–Kier alpha value is -0.640. The number of halogens is 2. The third kappa shape index (κ3) is 3.95. The van der Waals surface area contributed by atoms with Gasteiger partial charge in [-0.25, -0.2) is 0 Å². The highest BCUT2D eigenvalue weighted by molar-refractivity contribution is 9.10. The van der Waals surface area contributed by atoms with Gasteiger partial charge < -0.3 is 0 Å². The molecule has 2 rings (SSSR count). The van der Waals surface area contributed by atoms with Crippen LogP contribution >= 0.6 is 38.9 Å². The first kappa shape index (κ1) is 12.8. The number of thiophene rings is 1. The van der Waals surface area contributed by atoms with Crippen molar-refractivity contribution in [1.29, 1.82) is 0 Å². The first-order chi connectivity index (χ1) is 8.13. The summed E-state index contributed by atoms with van der Waals surface area (Å²) in [6.45, 7) is 0. The van der Waals surface area contributed by atoms with Crippen molar-refractivity contribution in [3.8, 4) is 0 Å². The first-order valence-electron chi connectivity index (χ1n) is 5.12. The van der Waals surface area contributed by atoms with Gasteiger partial charge in [0.1, 0.15) is 5.78 Å². The monoisotopic (exact) mass is 328 g/mol. The normalized spacial score (nSPS) is 10.5. The van der Waals surface area contributed by atoms with E-state index in [2.05, 4.69) is 15.9 Å². The molecular formula is C13H10BrClOS. The van der Waals surface area contributed by atoms with Gasteiger partial charge in [-0.05, 0) is 39.7 Å². The Morgan fingerprint density at radius 3 is 2.76 bits per heavy atom. The fourth-order valence-corrected chi connectivity index (χ4v) is 3.27. The summed E-state index contributed by atoms with van der Waals surface area (Å²) in [5.74, 6) is 0.210. The van der Waals surface area contributed by atoms with Crippen molar-refractivity contribution < 1.29 is 4.79 Å². The van der Waals surface area contributed by atoms with E-state index in [1.54, 1.807) is 11.3 Å². The SMILES string of the molecule is O=C(Cc1cccc(Cl)c1)Cc1cc(Br)cs1. The summed E-state index contributed by atoms with van der Waals surface area (Å²) in [6.07, 6.45) is 0.929.